The van der Waals surface area contributed by atoms with E-state index in [0.717, 1.165) is 38.9 Å². The van der Waals surface area contributed by atoms with E-state index < -0.39 is 0 Å². The highest BCUT2D eigenvalue weighted by Crippen LogP contribution is 2.14. The fraction of sp³-hybridized carbons (Fsp3) is 0.562. The highest BCUT2D eigenvalue weighted by Gasteiger charge is 2.22. The molecule has 0 saturated carbocycles. The van der Waals surface area contributed by atoms with Crippen molar-refractivity contribution in [2.45, 2.75) is 32.2 Å². The lowest BCUT2D eigenvalue weighted by Crippen LogP contribution is -2.45. The van der Waals surface area contributed by atoms with Crippen molar-refractivity contribution in [2.24, 2.45) is 5.73 Å². The van der Waals surface area contributed by atoms with Crippen LogP contribution in [-0.4, -0.2) is 42.0 Å². The second kappa shape index (κ2) is 7.90. The summed E-state index contributed by atoms with van der Waals surface area (Å²) in [5.41, 5.74) is 6.77. The highest BCUT2D eigenvalue weighted by molar-refractivity contribution is 5.74. The van der Waals surface area contributed by atoms with Crippen molar-refractivity contribution in [2.75, 3.05) is 26.2 Å². The molecule has 2 rings (SSSR count). The Morgan fingerprint density at radius 1 is 1.15 bits per heavy atom. The van der Waals surface area contributed by atoms with Gasteiger partial charge in [-0.3, -0.25) is 0 Å². The van der Waals surface area contributed by atoms with Gasteiger partial charge in [-0.1, -0.05) is 30.3 Å². The van der Waals surface area contributed by atoms with E-state index in [9.17, 15) is 4.79 Å². The molecule has 1 heterocycles. The van der Waals surface area contributed by atoms with Crippen molar-refractivity contribution in [3.8, 4) is 0 Å². The molecule has 110 valence electrons. The van der Waals surface area contributed by atoms with Gasteiger partial charge in [0.2, 0.25) is 0 Å². The Labute approximate surface area is 121 Å². The van der Waals surface area contributed by atoms with Crippen LogP contribution < -0.4 is 5.73 Å². The van der Waals surface area contributed by atoms with Crippen LogP contribution in [-0.2, 0) is 6.54 Å². The molecule has 0 aliphatic carbocycles. The van der Waals surface area contributed by atoms with Crippen molar-refractivity contribution in [3.05, 3.63) is 35.9 Å². The zero-order valence-corrected chi connectivity index (χ0v) is 12.1. The van der Waals surface area contributed by atoms with Gasteiger partial charge in [0.15, 0.2) is 0 Å². The van der Waals surface area contributed by atoms with E-state index in [2.05, 4.69) is 12.1 Å². The minimum Gasteiger partial charge on any atom is -0.330 e. The van der Waals surface area contributed by atoms with Crippen molar-refractivity contribution in [1.29, 1.82) is 0 Å². The quantitative estimate of drug-likeness (QED) is 0.897. The number of piperidine rings is 1. The van der Waals surface area contributed by atoms with Crippen LogP contribution in [0.4, 0.5) is 4.79 Å². The van der Waals surface area contributed by atoms with E-state index in [1.165, 1.54) is 12.0 Å². The van der Waals surface area contributed by atoms with Gasteiger partial charge in [0.05, 0.1) is 0 Å². The Morgan fingerprint density at radius 3 is 2.50 bits per heavy atom. The average molecular weight is 275 g/mol. The largest absolute Gasteiger partial charge is 0.330 e. The van der Waals surface area contributed by atoms with Crippen molar-refractivity contribution in [1.82, 2.24) is 9.80 Å². The van der Waals surface area contributed by atoms with Crippen LogP contribution in [0.5, 0.6) is 0 Å². The Hall–Kier alpha value is -1.55. The lowest BCUT2D eigenvalue weighted by molar-refractivity contribution is 0.140. The average Bonchev–Trinajstić information content (AvgIpc) is 2.52. The molecule has 0 unspecified atom stereocenters. The number of nitrogens with two attached hydrogens (primary N) is 1. The Kier molecular flexibility index (Phi) is 5.87. The molecule has 2 amide bonds. The van der Waals surface area contributed by atoms with Crippen LogP contribution in [0.25, 0.3) is 0 Å². The van der Waals surface area contributed by atoms with Gasteiger partial charge in [0, 0.05) is 26.2 Å². The molecule has 0 atom stereocenters. The first-order valence-corrected chi connectivity index (χ1v) is 7.59. The third kappa shape index (κ3) is 4.23. The van der Waals surface area contributed by atoms with Crippen LogP contribution in [0.2, 0.25) is 0 Å². The summed E-state index contributed by atoms with van der Waals surface area (Å²) in [5.74, 6) is 0. The molecule has 4 heteroatoms. The first-order valence-electron chi connectivity index (χ1n) is 7.59. The lowest BCUT2D eigenvalue weighted by Gasteiger charge is -2.33. The molecule has 1 saturated heterocycles. The van der Waals surface area contributed by atoms with Crippen molar-refractivity contribution < 1.29 is 4.79 Å². The van der Waals surface area contributed by atoms with Gasteiger partial charge in [-0.05, 0) is 37.8 Å². The van der Waals surface area contributed by atoms with E-state index in [0.29, 0.717) is 13.1 Å². The highest BCUT2D eigenvalue weighted by atomic mass is 16.2. The predicted octanol–water partition coefficient (Wildman–Crippen LogP) is 2.44. The van der Waals surface area contributed by atoms with Gasteiger partial charge in [0.25, 0.3) is 0 Å². The zero-order chi connectivity index (χ0) is 14.2. The van der Waals surface area contributed by atoms with Gasteiger partial charge in [-0.25, -0.2) is 4.79 Å². The molecule has 20 heavy (non-hydrogen) atoms. The number of hydrogen-bond donors (Lipinski definition) is 1. The van der Waals surface area contributed by atoms with Gasteiger partial charge < -0.3 is 15.5 Å². The van der Waals surface area contributed by atoms with Gasteiger partial charge in [0.1, 0.15) is 0 Å². The summed E-state index contributed by atoms with van der Waals surface area (Å²) in [4.78, 5) is 16.5. The van der Waals surface area contributed by atoms with Crippen LogP contribution in [0.15, 0.2) is 30.3 Å². The van der Waals surface area contributed by atoms with Crippen molar-refractivity contribution in [3.63, 3.8) is 0 Å². The smallest absolute Gasteiger partial charge is 0.320 e. The second-order valence-corrected chi connectivity index (χ2v) is 5.38. The summed E-state index contributed by atoms with van der Waals surface area (Å²) < 4.78 is 0. The number of urea groups is 1. The maximum absolute atomic E-state index is 12.6. The maximum atomic E-state index is 12.6. The Balaban J connectivity index is 2.00. The third-order valence-electron chi connectivity index (χ3n) is 3.75. The molecular formula is C16H25N3O. The van der Waals surface area contributed by atoms with E-state index in [4.69, 9.17) is 5.73 Å². The van der Waals surface area contributed by atoms with Crippen LogP contribution in [0.1, 0.15) is 31.2 Å². The number of benzene rings is 1. The Morgan fingerprint density at radius 2 is 1.85 bits per heavy atom. The molecular weight excluding hydrogens is 250 g/mol. The minimum absolute atomic E-state index is 0.169. The number of nitrogens with zero attached hydrogens (tertiary/aromatic N) is 2. The molecule has 0 spiro atoms. The number of likely N-dealkylation sites (tertiary alicyclic amines) is 1. The lowest BCUT2D eigenvalue weighted by atomic mass is 10.1. The Bertz CT molecular complexity index is 401. The topological polar surface area (TPSA) is 49.6 Å². The molecule has 0 radical (unpaired) electrons. The number of rotatable bonds is 5. The first-order chi connectivity index (χ1) is 9.81. The number of carbonyl (C=O) groups excluding carboxylic acids is 1. The molecule has 1 aliphatic heterocycles. The summed E-state index contributed by atoms with van der Waals surface area (Å²) in [7, 11) is 0. The van der Waals surface area contributed by atoms with Gasteiger partial charge in [-0.2, -0.15) is 0 Å². The second-order valence-electron chi connectivity index (χ2n) is 5.38. The monoisotopic (exact) mass is 275 g/mol. The first kappa shape index (κ1) is 14.9. The van der Waals surface area contributed by atoms with E-state index in [1.807, 2.05) is 28.0 Å². The van der Waals surface area contributed by atoms with Crippen LogP contribution >= 0.6 is 0 Å². The van der Waals surface area contributed by atoms with E-state index in [-0.39, 0.29) is 6.03 Å². The number of hydrogen-bond acceptors (Lipinski definition) is 2. The van der Waals surface area contributed by atoms with Crippen molar-refractivity contribution >= 4 is 6.03 Å². The molecule has 1 aliphatic rings. The summed E-state index contributed by atoms with van der Waals surface area (Å²) >= 11 is 0. The maximum Gasteiger partial charge on any atom is 0.320 e. The molecule has 1 aromatic carbocycles. The zero-order valence-electron chi connectivity index (χ0n) is 12.1. The third-order valence-corrected chi connectivity index (χ3v) is 3.75. The molecule has 1 aromatic rings. The summed E-state index contributed by atoms with van der Waals surface area (Å²) in [5, 5.41) is 0. The normalized spacial score (nSPS) is 15.2. The number of amides is 2. The number of carbonyl (C=O) groups is 1. The molecule has 2 N–H and O–H groups in total. The van der Waals surface area contributed by atoms with Gasteiger partial charge >= 0.3 is 6.03 Å². The van der Waals surface area contributed by atoms with Gasteiger partial charge in [-0.15, -0.1) is 0 Å². The fourth-order valence-corrected chi connectivity index (χ4v) is 2.61. The summed E-state index contributed by atoms with van der Waals surface area (Å²) in [6.45, 7) is 3.83. The fourth-order valence-electron chi connectivity index (χ4n) is 2.61. The molecule has 0 aromatic heterocycles. The van der Waals surface area contributed by atoms with E-state index >= 15 is 0 Å². The molecule has 4 nitrogen and oxygen atoms in total. The van der Waals surface area contributed by atoms with Crippen LogP contribution in [0.3, 0.4) is 0 Å². The van der Waals surface area contributed by atoms with Crippen LogP contribution in [0, 0.1) is 0 Å². The predicted molar refractivity (Wildman–Crippen MR) is 81.3 cm³/mol. The van der Waals surface area contributed by atoms with E-state index in [1.54, 1.807) is 0 Å². The standard InChI is InChI=1S/C16H25N3O/c17-10-7-13-19(14-15-8-3-1-4-9-15)16(20)18-11-5-2-6-12-18/h1,3-4,8-9H,2,5-7,10-14,17H2. The minimum atomic E-state index is 0.169. The summed E-state index contributed by atoms with van der Waals surface area (Å²) in [6, 6.07) is 10.3. The SMILES string of the molecule is NCCCN(Cc1ccccc1)C(=O)N1CCCCC1. The molecule has 1 fully saturated rings. The molecule has 0 bridgehead atoms. The summed E-state index contributed by atoms with van der Waals surface area (Å²) in [6.07, 6.45) is 4.35.